The molecule has 0 radical (unpaired) electrons. The maximum absolute atomic E-state index is 13.7. The molecule has 0 N–H and O–H groups in total. The molecular weight excluding hydrogens is 423 g/mol. The summed E-state index contributed by atoms with van der Waals surface area (Å²) in [6.07, 6.45) is 0.843. The van der Waals surface area contributed by atoms with E-state index in [0.717, 1.165) is 42.2 Å². The van der Waals surface area contributed by atoms with E-state index in [4.69, 9.17) is 4.74 Å². The van der Waals surface area contributed by atoms with Crippen LogP contribution in [0.1, 0.15) is 48.5 Å². The van der Waals surface area contributed by atoms with Gasteiger partial charge in [0.05, 0.1) is 12.7 Å². The predicted octanol–water partition coefficient (Wildman–Crippen LogP) is 8.03. The van der Waals surface area contributed by atoms with Crippen molar-refractivity contribution in [3.8, 4) is 11.1 Å². The molecule has 6 heteroatoms. The fourth-order valence-electron chi connectivity index (χ4n) is 3.99. The van der Waals surface area contributed by atoms with Crippen molar-refractivity contribution in [1.82, 2.24) is 0 Å². The van der Waals surface area contributed by atoms with Gasteiger partial charge in [-0.2, -0.15) is 0 Å². The Kier molecular flexibility index (Phi) is 6.42. The summed E-state index contributed by atoms with van der Waals surface area (Å²) >= 11 is 0. The average molecular weight is 444 g/mol. The van der Waals surface area contributed by atoms with Gasteiger partial charge >= 0.3 is 0 Å². The van der Waals surface area contributed by atoms with Gasteiger partial charge < -0.3 is 4.74 Å². The molecule has 1 saturated heterocycles. The zero-order valence-electron chi connectivity index (χ0n) is 17.3. The number of benzene rings is 3. The Bertz CT molecular complexity index is 1100. The second kappa shape index (κ2) is 9.25. The molecule has 32 heavy (non-hydrogen) atoms. The molecule has 0 aromatic heterocycles. The molecule has 0 spiro atoms. The van der Waals surface area contributed by atoms with E-state index in [9.17, 15) is 22.0 Å². The second-order valence-corrected chi connectivity index (χ2v) is 7.94. The second-order valence-electron chi connectivity index (χ2n) is 7.94. The molecular formula is C26H21F5O. The van der Waals surface area contributed by atoms with Crippen molar-refractivity contribution >= 4 is 5.83 Å². The van der Waals surface area contributed by atoms with Gasteiger partial charge in [0.1, 0.15) is 5.83 Å². The van der Waals surface area contributed by atoms with Crippen molar-refractivity contribution in [3.63, 3.8) is 0 Å². The first-order chi connectivity index (χ1) is 15.3. The van der Waals surface area contributed by atoms with Crippen LogP contribution in [0.3, 0.4) is 0 Å². The van der Waals surface area contributed by atoms with E-state index in [1.807, 2.05) is 24.3 Å². The minimum Gasteiger partial charge on any atom is -0.373 e. The molecule has 2 unspecified atom stereocenters. The fourth-order valence-corrected chi connectivity index (χ4v) is 3.99. The third-order valence-electron chi connectivity index (χ3n) is 5.81. The molecule has 0 bridgehead atoms. The summed E-state index contributed by atoms with van der Waals surface area (Å²) in [6, 6.07) is 16.4. The number of hydrogen-bond acceptors (Lipinski definition) is 1. The fraction of sp³-hybridized carbons (Fsp3) is 0.231. The molecule has 3 aromatic rings. The molecule has 166 valence electrons. The lowest BCUT2D eigenvalue weighted by Gasteiger charge is -2.30. The predicted molar refractivity (Wildman–Crippen MR) is 114 cm³/mol. The van der Waals surface area contributed by atoms with Gasteiger partial charge in [0.15, 0.2) is 23.3 Å². The van der Waals surface area contributed by atoms with Crippen LogP contribution in [0.4, 0.5) is 22.0 Å². The summed E-state index contributed by atoms with van der Waals surface area (Å²) in [5, 5.41) is 0. The summed E-state index contributed by atoms with van der Waals surface area (Å²) in [7, 11) is 0. The third kappa shape index (κ3) is 4.60. The Morgan fingerprint density at radius 3 is 1.84 bits per heavy atom. The van der Waals surface area contributed by atoms with Crippen LogP contribution >= 0.6 is 0 Å². The van der Waals surface area contributed by atoms with Gasteiger partial charge in [-0.15, -0.1) is 0 Å². The van der Waals surface area contributed by atoms with Crippen LogP contribution in [0.15, 0.2) is 66.5 Å². The molecule has 4 rings (SSSR count). The molecule has 0 aliphatic carbocycles. The Hall–Kier alpha value is -2.99. The third-order valence-corrected chi connectivity index (χ3v) is 5.81. The zero-order chi connectivity index (χ0) is 22.8. The maximum atomic E-state index is 13.7. The summed E-state index contributed by atoms with van der Waals surface area (Å²) < 4.78 is 72.7. The largest absolute Gasteiger partial charge is 0.373 e. The highest BCUT2D eigenvalue weighted by Crippen LogP contribution is 2.37. The lowest BCUT2D eigenvalue weighted by atomic mass is 9.88. The minimum atomic E-state index is -1.48. The summed E-state index contributed by atoms with van der Waals surface area (Å²) in [5.74, 6) is -5.50. The first kappa shape index (κ1) is 22.2. The number of allylic oxidation sites excluding steroid dienone is 1. The molecule has 1 nitrogen and oxygen atoms in total. The van der Waals surface area contributed by atoms with Crippen molar-refractivity contribution in [2.75, 3.05) is 6.61 Å². The Morgan fingerprint density at radius 2 is 1.34 bits per heavy atom. The van der Waals surface area contributed by atoms with Crippen LogP contribution in [-0.4, -0.2) is 6.61 Å². The van der Waals surface area contributed by atoms with Crippen molar-refractivity contribution < 1.29 is 26.7 Å². The van der Waals surface area contributed by atoms with Crippen LogP contribution in [0.25, 0.3) is 17.0 Å². The Morgan fingerprint density at radius 1 is 0.781 bits per heavy atom. The monoisotopic (exact) mass is 444 g/mol. The van der Waals surface area contributed by atoms with Crippen molar-refractivity contribution in [2.24, 2.45) is 0 Å². The van der Waals surface area contributed by atoms with Crippen LogP contribution in [0, 0.1) is 17.5 Å². The smallest absolute Gasteiger partial charge is 0.194 e. The topological polar surface area (TPSA) is 9.23 Å². The maximum Gasteiger partial charge on any atom is 0.194 e. The molecule has 3 aromatic carbocycles. The molecule has 1 aliphatic rings. The van der Waals surface area contributed by atoms with E-state index in [0.29, 0.717) is 18.6 Å². The molecule has 0 amide bonds. The number of rotatable bonds is 4. The quantitative estimate of drug-likeness (QED) is 0.292. The van der Waals surface area contributed by atoms with Gasteiger partial charge in [-0.3, -0.25) is 0 Å². The van der Waals surface area contributed by atoms with Crippen LogP contribution in [0.2, 0.25) is 0 Å². The van der Waals surface area contributed by atoms with E-state index in [2.05, 4.69) is 0 Å². The van der Waals surface area contributed by atoms with Gasteiger partial charge in [-0.05, 0) is 54.2 Å². The van der Waals surface area contributed by atoms with Gasteiger partial charge in [-0.25, -0.2) is 22.0 Å². The highest BCUT2D eigenvalue weighted by atomic mass is 19.2. The van der Waals surface area contributed by atoms with Gasteiger partial charge in [0, 0.05) is 11.5 Å². The summed E-state index contributed by atoms with van der Waals surface area (Å²) in [4.78, 5) is 0. The summed E-state index contributed by atoms with van der Waals surface area (Å²) in [6.45, 7) is 1.46. The number of ether oxygens (including phenoxy) is 1. The van der Waals surface area contributed by atoms with E-state index in [-0.39, 0.29) is 11.5 Å². The van der Waals surface area contributed by atoms with Crippen LogP contribution in [0.5, 0.6) is 0 Å². The zero-order valence-corrected chi connectivity index (χ0v) is 17.3. The molecule has 0 saturated carbocycles. The van der Waals surface area contributed by atoms with E-state index in [1.54, 1.807) is 12.1 Å². The van der Waals surface area contributed by atoms with Gasteiger partial charge in [-0.1, -0.05) is 48.5 Å². The van der Waals surface area contributed by atoms with Crippen LogP contribution < -0.4 is 0 Å². The SMILES string of the molecule is CC(F)=C(F)c1ccc(-c2ccc(C3CCC(c4cc(F)c(F)c(F)c4)OC3)cc2)cc1. The molecule has 1 aliphatic heterocycles. The highest BCUT2D eigenvalue weighted by Gasteiger charge is 2.26. The molecule has 1 heterocycles. The van der Waals surface area contributed by atoms with Gasteiger partial charge in [0.25, 0.3) is 0 Å². The van der Waals surface area contributed by atoms with Crippen LogP contribution in [-0.2, 0) is 4.74 Å². The average Bonchev–Trinajstić information content (AvgIpc) is 2.82. The lowest BCUT2D eigenvalue weighted by molar-refractivity contribution is 0.00196. The lowest BCUT2D eigenvalue weighted by Crippen LogP contribution is -2.19. The van der Waals surface area contributed by atoms with Crippen molar-refractivity contribution in [2.45, 2.75) is 31.8 Å². The standard InChI is InChI=1S/C26H21F5O/c1-15(27)25(30)19-8-6-17(7-9-19)16-2-4-18(5-3-16)20-10-11-24(32-14-20)21-12-22(28)26(31)23(29)13-21/h2-9,12-13,20,24H,10-11,14H2,1H3. The van der Waals surface area contributed by atoms with Crippen molar-refractivity contribution in [1.29, 1.82) is 0 Å². The molecule has 2 atom stereocenters. The Labute approximate surface area is 183 Å². The van der Waals surface area contributed by atoms with E-state index < -0.39 is 35.2 Å². The first-order valence-corrected chi connectivity index (χ1v) is 10.3. The first-order valence-electron chi connectivity index (χ1n) is 10.3. The number of hydrogen-bond donors (Lipinski definition) is 0. The minimum absolute atomic E-state index is 0.129. The van der Waals surface area contributed by atoms with Gasteiger partial charge in [0.2, 0.25) is 0 Å². The highest BCUT2D eigenvalue weighted by molar-refractivity contribution is 5.68. The Balaban J connectivity index is 1.42. The van der Waals surface area contributed by atoms with E-state index in [1.165, 1.54) is 12.1 Å². The normalized spacial score (nSPS) is 19.6. The number of halogens is 5. The van der Waals surface area contributed by atoms with E-state index >= 15 is 0 Å². The van der Waals surface area contributed by atoms with Crippen molar-refractivity contribution in [3.05, 3.63) is 101 Å². The molecule has 1 fully saturated rings. The summed E-state index contributed by atoms with van der Waals surface area (Å²) in [5.41, 5.74) is 3.38.